The van der Waals surface area contributed by atoms with E-state index in [0.717, 1.165) is 4.90 Å². The third-order valence-corrected chi connectivity index (χ3v) is 4.47. The van der Waals surface area contributed by atoms with Gasteiger partial charge in [-0.05, 0) is 25.1 Å². The molecule has 0 bridgehead atoms. The first-order chi connectivity index (χ1) is 12.0. The van der Waals surface area contributed by atoms with Crippen LogP contribution in [0.25, 0.3) is 0 Å². The van der Waals surface area contributed by atoms with E-state index in [2.05, 4.69) is 0 Å². The maximum atomic E-state index is 13.4. The van der Waals surface area contributed by atoms with Crippen LogP contribution in [0, 0.1) is 5.82 Å². The molecule has 0 N–H and O–H groups in total. The summed E-state index contributed by atoms with van der Waals surface area (Å²) in [7, 11) is 0. The predicted molar refractivity (Wildman–Crippen MR) is 87.5 cm³/mol. The van der Waals surface area contributed by atoms with Gasteiger partial charge in [0.1, 0.15) is 5.82 Å². The van der Waals surface area contributed by atoms with Gasteiger partial charge in [-0.1, -0.05) is 6.07 Å². The van der Waals surface area contributed by atoms with Crippen LogP contribution in [-0.2, 0) is 14.3 Å². The molecule has 1 aromatic rings. The number of carbonyl (C=O) groups excluding carboxylic acids is 3. The summed E-state index contributed by atoms with van der Waals surface area (Å²) >= 11 is 0. The standard InChI is InChI=1S/C17H20FN3O4/c1-2-25-17(24)20-8-6-19(7-9-20)14-11-15(22)21(16(14)23)13-5-3-4-12(18)10-13/h3-5,10,14H,2,6-9,11H2,1H3/t14-/m0/s1. The van der Waals surface area contributed by atoms with Crippen LogP contribution in [-0.4, -0.2) is 66.5 Å². The lowest BCUT2D eigenvalue weighted by Gasteiger charge is -2.36. The number of carbonyl (C=O) groups is 3. The molecule has 1 atom stereocenters. The molecule has 1 aromatic carbocycles. The molecule has 8 heteroatoms. The van der Waals surface area contributed by atoms with E-state index in [4.69, 9.17) is 4.74 Å². The SMILES string of the molecule is CCOC(=O)N1CCN([C@H]2CC(=O)N(c3cccc(F)c3)C2=O)CC1. The highest BCUT2D eigenvalue weighted by Crippen LogP contribution is 2.26. The molecule has 0 saturated carbocycles. The van der Waals surface area contributed by atoms with Crippen molar-refractivity contribution >= 4 is 23.6 Å². The minimum atomic E-state index is -0.569. The van der Waals surface area contributed by atoms with Crippen molar-refractivity contribution in [3.05, 3.63) is 30.1 Å². The van der Waals surface area contributed by atoms with Gasteiger partial charge in [-0.25, -0.2) is 14.1 Å². The van der Waals surface area contributed by atoms with Crippen molar-refractivity contribution in [2.45, 2.75) is 19.4 Å². The van der Waals surface area contributed by atoms with Crippen LogP contribution in [0.3, 0.4) is 0 Å². The summed E-state index contributed by atoms with van der Waals surface area (Å²) in [5.41, 5.74) is 0.252. The fourth-order valence-corrected chi connectivity index (χ4v) is 3.22. The van der Waals surface area contributed by atoms with Crippen molar-refractivity contribution in [1.82, 2.24) is 9.80 Å². The Morgan fingerprint density at radius 3 is 2.60 bits per heavy atom. The van der Waals surface area contributed by atoms with Gasteiger partial charge in [0.15, 0.2) is 0 Å². The summed E-state index contributed by atoms with van der Waals surface area (Å²) in [5.74, 6) is -1.18. The van der Waals surface area contributed by atoms with Crippen molar-refractivity contribution in [3.63, 3.8) is 0 Å². The zero-order valence-electron chi connectivity index (χ0n) is 14.0. The first-order valence-corrected chi connectivity index (χ1v) is 8.29. The summed E-state index contributed by atoms with van der Waals surface area (Å²) in [5, 5.41) is 0. The third-order valence-electron chi connectivity index (χ3n) is 4.47. The van der Waals surface area contributed by atoms with E-state index in [9.17, 15) is 18.8 Å². The maximum absolute atomic E-state index is 13.4. The Morgan fingerprint density at radius 2 is 1.96 bits per heavy atom. The maximum Gasteiger partial charge on any atom is 0.409 e. The molecule has 0 aliphatic carbocycles. The number of rotatable bonds is 3. The first kappa shape index (κ1) is 17.3. The molecule has 0 unspecified atom stereocenters. The van der Waals surface area contributed by atoms with Crippen molar-refractivity contribution in [2.75, 3.05) is 37.7 Å². The summed E-state index contributed by atoms with van der Waals surface area (Å²) in [6, 6.07) is 4.88. The highest BCUT2D eigenvalue weighted by atomic mass is 19.1. The lowest BCUT2D eigenvalue weighted by Crippen LogP contribution is -2.54. The molecule has 2 aliphatic rings. The van der Waals surface area contributed by atoms with Crippen molar-refractivity contribution in [2.24, 2.45) is 0 Å². The summed E-state index contributed by atoms with van der Waals surface area (Å²) in [6.45, 7) is 3.92. The number of imide groups is 1. The number of hydrogen-bond donors (Lipinski definition) is 0. The average molecular weight is 349 g/mol. The minimum absolute atomic E-state index is 0.0642. The van der Waals surface area contributed by atoms with Crippen molar-refractivity contribution in [3.8, 4) is 0 Å². The predicted octanol–water partition coefficient (Wildman–Crippen LogP) is 1.23. The molecule has 3 amide bonds. The van der Waals surface area contributed by atoms with Gasteiger partial charge in [0.05, 0.1) is 24.8 Å². The second-order valence-electron chi connectivity index (χ2n) is 5.99. The first-order valence-electron chi connectivity index (χ1n) is 8.29. The third kappa shape index (κ3) is 3.48. The Morgan fingerprint density at radius 1 is 1.24 bits per heavy atom. The van der Waals surface area contributed by atoms with Crippen LogP contribution < -0.4 is 4.90 Å². The van der Waals surface area contributed by atoms with E-state index in [-0.39, 0.29) is 30.0 Å². The smallest absolute Gasteiger partial charge is 0.409 e. The number of ether oxygens (including phenoxy) is 1. The van der Waals surface area contributed by atoms with Crippen LogP contribution in [0.5, 0.6) is 0 Å². The molecule has 2 aliphatic heterocycles. The van der Waals surface area contributed by atoms with E-state index in [0.29, 0.717) is 32.8 Å². The molecular formula is C17H20FN3O4. The zero-order chi connectivity index (χ0) is 18.0. The summed E-state index contributed by atoms with van der Waals surface area (Å²) < 4.78 is 18.4. The molecule has 2 fully saturated rings. The highest BCUT2D eigenvalue weighted by Gasteiger charge is 2.43. The number of hydrogen-bond acceptors (Lipinski definition) is 5. The molecule has 0 radical (unpaired) electrons. The molecule has 2 saturated heterocycles. The molecule has 0 aromatic heterocycles. The lowest BCUT2D eigenvalue weighted by molar-refractivity contribution is -0.123. The largest absolute Gasteiger partial charge is 0.450 e. The highest BCUT2D eigenvalue weighted by molar-refractivity contribution is 6.22. The van der Waals surface area contributed by atoms with E-state index in [1.54, 1.807) is 17.9 Å². The number of amides is 3. The Hall–Kier alpha value is -2.48. The van der Waals surface area contributed by atoms with Gasteiger partial charge in [-0.2, -0.15) is 0 Å². The van der Waals surface area contributed by atoms with Gasteiger partial charge in [0, 0.05) is 26.2 Å². The zero-order valence-corrected chi connectivity index (χ0v) is 14.0. The Bertz CT molecular complexity index is 688. The summed E-state index contributed by atoms with van der Waals surface area (Å²) in [4.78, 5) is 41.2. The fourth-order valence-electron chi connectivity index (χ4n) is 3.22. The monoisotopic (exact) mass is 349 g/mol. The molecule has 3 rings (SSSR count). The number of benzene rings is 1. The topological polar surface area (TPSA) is 70.2 Å². The molecule has 25 heavy (non-hydrogen) atoms. The van der Waals surface area contributed by atoms with Crippen LogP contribution in [0.1, 0.15) is 13.3 Å². The Kier molecular flexibility index (Phi) is 4.98. The van der Waals surface area contributed by atoms with Gasteiger partial charge in [0.2, 0.25) is 5.91 Å². The normalized spacial score (nSPS) is 21.8. The van der Waals surface area contributed by atoms with Gasteiger partial charge < -0.3 is 9.64 Å². The van der Waals surface area contributed by atoms with Gasteiger partial charge in [-0.3, -0.25) is 14.5 Å². The lowest BCUT2D eigenvalue weighted by atomic mass is 10.2. The number of piperazine rings is 1. The Labute approximate surface area is 144 Å². The quantitative estimate of drug-likeness (QED) is 0.768. The van der Waals surface area contributed by atoms with Gasteiger partial charge >= 0.3 is 6.09 Å². The van der Waals surface area contributed by atoms with E-state index >= 15 is 0 Å². The van der Waals surface area contributed by atoms with Crippen LogP contribution in [0.2, 0.25) is 0 Å². The van der Waals surface area contributed by atoms with E-state index < -0.39 is 11.9 Å². The number of nitrogens with zero attached hydrogens (tertiary/aromatic N) is 3. The Balaban J connectivity index is 1.66. The van der Waals surface area contributed by atoms with E-state index in [1.165, 1.54) is 18.2 Å². The van der Waals surface area contributed by atoms with Gasteiger partial charge in [-0.15, -0.1) is 0 Å². The molecular weight excluding hydrogens is 329 g/mol. The second-order valence-corrected chi connectivity index (χ2v) is 5.99. The summed E-state index contributed by atoms with van der Waals surface area (Å²) in [6.07, 6.45) is -0.299. The van der Waals surface area contributed by atoms with Crippen molar-refractivity contribution < 1.29 is 23.5 Å². The molecule has 134 valence electrons. The van der Waals surface area contributed by atoms with Crippen molar-refractivity contribution in [1.29, 1.82) is 0 Å². The number of anilines is 1. The minimum Gasteiger partial charge on any atom is -0.450 e. The average Bonchev–Trinajstić information content (AvgIpc) is 2.90. The fraction of sp³-hybridized carbons (Fsp3) is 0.471. The molecule has 0 spiro atoms. The molecule has 7 nitrogen and oxygen atoms in total. The van der Waals surface area contributed by atoms with Crippen LogP contribution in [0.15, 0.2) is 24.3 Å². The van der Waals surface area contributed by atoms with E-state index in [1.807, 2.05) is 4.90 Å². The van der Waals surface area contributed by atoms with Gasteiger partial charge in [0.25, 0.3) is 5.91 Å². The molecule has 2 heterocycles. The van der Waals surface area contributed by atoms with Crippen LogP contribution in [0.4, 0.5) is 14.9 Å². The second kappa shape index (κ2) is 7.18. The van der Waals surface area contributed by atoms with Crippen LogP contribution >= 0.6 is 0 Å². The number of halogens is 1.